The van der Waals surface area contributed by atoms with E-state index in [1.165, 1.54) is 0 Å². The Morgan fingerprint density at radius 3 is 2.15 bits per heavy atom. The lowest BCUT2D eigenvalue weighted by Crippen LogP contribution is -2.50. The molecule has 20 heavy (non-hydrogen) atoms. The van der Waals surface area contributed by atoms with E-state index in [1.807, 2.05) is 44.2 Å². The van der Waals surface area contributed by atoms with Crippen molar-refractivity contribution >= 4 is 17.5 Å². The summed E-state index contributed by atoms with van der Waals surface area (Å²) in [7, 11) is 0. The number of nitrogens with one attached hydrogen (secondary N) is 1. The van der Waals surface area contributed by atoms with E-state index in [1.54, 1.807) is 0 Å². The summed E-state index contributed by atoms with van der Waals surface area (Å²) in [6, 6.07) is 9.95. The van der Waals surface area contributed by atoms with Crippen molar-refractivity contribution in [1.82, 2.24) is 5.32 Å². The predicted octanol–water partition coefficient (Wildman–Crippen LogP) is 4.12. The van der Waals surface area contributed by atoms with Gasteiger partial charge in [-0.2, -0.15) is 0 Å². The summed E-state index contributed by atoms with van der Waals surface area (Å²) in [4.78, 5) is 12.6. The lowest BCUT2D eigenvalue weighted by Gasteiger charge is -2.34. The summed E-state index contributed by atoms with van der Waals surface area (Å²) >= 11 is 5.87. The Morgan fingerprint density at radius 2 is 1.70 bits per heavy atom. The average molecular weight is 296 g/mol. The normalized spacial score (nSPS) is 13.9. The Bertz CT molecular complexity index is 434. The van der Waals surface area contributed by atoms with E-state index < -0.39 is 5.41 Å². The maximum Gasteiger partial charge on any atom is 0.230 e. The minimum atomic E-state index is -0.545. The fraction of sp³-hybridized carbons (Fsp3) is 0.588. The number of carbonyl (C=O) groups is 1. The molecule has 1 aromatic rings. The third kappa shape index (κ3) is 4.24. The van der Waals surface area contributed by atoms with E-state index in [-0.39, 0.29) is 17.4 Å². The summed E-state index contributed by atoms with van der Waals surface area (Å²) in [5, 5.41) is 3.17. The van der Waals surface area contributed by atoms with Crippen LogP contribution in [0.5, 0.6) is 0 Å². The van der Waals surface area contributed by atoms with E-state index in [4.69, 9.17) is 11.6 Å². The molecule has 0 bridgehead atoms. The summed E-state index contributed by atoms with van der Waals surface area (Å²) in [5.41, 5.74) is 0.477. The van der Waals surface area contributed by atoms with Gasteiger partial charge in [0.15, 0.2) is 0 Å². The monoisotopic (exact) mass is 295 g/mol. The average Bonchev–Trinajstić information content (AvgIpc) is 2.38. The van der Waals surface area contributed by atoms with Crippen molar-refractivity contribution in [2.75, 3.05) is 5.88 Å². The standard InChI is InChI=1S/C17H26ClNO/c1-16(2,3)14(11-12-18)19-15(20)17(4,5)13-9-7-6-8-10-13/h6-10,14H,11-12H2,1-5H3,(H,19,20). The van der Waals surface area contributed by atoms with Gasteiger partial charge in [-0.15, -0.1) is 11.6 Å². The van der Waals surface area contributed by atoms with Crippen LogP contribution in [0.4, 0.5) is 0 Å². The molecular weight excluding hydrogens is 270 g/mol. The quantitative estimate of drug-likeness (QED) is 0.813. The van der Waals surface area contributed by atoms with Crippen LogP contribution in [0.1, 0.15) is 46.6 Å². The fourth-order valence-corrected chi connectivity index (χ4v) is 2.37. The van der Waals surface area contributed by atoms with Crippen molar-refractivity contribution in [2.45, 2.75) is 52.5 Å². The molecule has 3 heteroatoms. The van der Waals surface area contributed by atoms with Crippen LogP contribution in [-0.2, 0) is 10.2 Å². The smallest absolute Gasteiger partial charge is 0.230 e. The Balaban J connectivity index is 2.88. The van der Waals surface area contributed by atoms with Crippen molar-refractivity contribution in [2.24, 2.45) is 5.41 Å². The fourth-order valence-electron chi connectivity index (χ4n) is 2.16. The second-order valence-electron chi connectivity index (χ2n) is 6.86. The zero-order valence-electron chi connectivity index (χ0n) is 13.2. The number of alkyl halides is 1. The number of rotatable bonds is 5. The molecule has 0 radical (unpaired) electrons. The van der Waals surface area contributed by atoms with Crippen LogP contribution in [0, 0.1) is 5.41 Å². The van der Waals surface area contributed by atoms with Crippen LogP contribution in [0.2, 0.25) is 0 Å². The Labute approximate surface area is 127 Å². The van der Waals surface area contributed by atoms with Gasteiger partial charge in [-0.05, 0) is 31.2 Å². The van der Waals surface area contributed by atoms with E-state index >= 15 is 0 Å². The van der Waals surface area contributed by atoms with Crippen molar-refractivity contribution in [3.8, 4) is 0 Å². The molecule has 0 aliphatic rings. The molecule has 0 aliphatic heterocycles. The van der Waals surface area contributed by atoms with E-state index in [0.717, 1.165) is 12.0 Å². The highest BCUT2D eigenvalue weighted by molar-refractivity contribution is 6.17. The third-order valence-electron chi connectivity index (χ3n) is 3.81. The maximum absolute atomic E-state index is 12.6. The first-order valence-electron chi connectivity index (χ1n) is 7.12. The molecule has 112 valence electrons. The number of amides is 1. The minimum absolute atomic E-state index is 0.00266. The van der Waals surface area contributed by atoms with Crippen LogP contribution in [0.15, 0.2) is 30.3 Å². The number of hydrogen-bond acceptors (Lipinski definition) is 1. The molecule has 0 spiro atoms. The van der Waals surface area contributed by atoms with Gasteiger partial charge in [0.2, 0.25) is 5.91 Å². The molecule has 1 amide bonds. The largest absolute Gasteiger partial charge is 0.352 e. The number of halogens is 1. The van der Waals surface area contributed by atoms with Gasteiger partial charge in [0, 0.05) is 11.9 Å². The topological polar surface area (TPSA) is 29.1 Å². The van der Waals surface area contributed by atoms with Gasteiger partial charge in [-0.3, -0.25) is 4.79 Å². The first-order valence-corrected chi connectivity index (χ1v) is 7.65. The highest BCUT2D eigenvalue weighted by Crippen LogP contribution is 2.27. The molecule has 0 saturated heterocycles. The van der Waals surface area contributed by atoms with Gasteiger partial charge < -0.3 is 5.32 Å². The molecule has 0 saturated carbocycles. The third-order valence-corrected chi connectivity index (χ3v) is 4.03. The van der Waals surface area contributed by atoms with Gasteiger partial charge in [0.05, 0.1) is 5.41 Å². The Hall–Kier alpha value is -1.02. The van der Waals surface area contributed by atoms with Crippen molar-refractivity contribution in [1.29, 1.82) is 0 Å². The highest BCUT2D eigenvalue weighted by atomic mass is 35.5. The Kier molecular flexibility index (Phi) is 5.64. The SMILES string of the molecule is CC(C)(C(=O)NC(CCCl)C(C)(C)C)c1ccccc1. The van der Waals surface area contributed by atoms with Crippen LogP contribution in [0.25, 0.3) is 0 Å². The maximum atomic E-state index is 12.6. The van der Waals surface area contributed by atoms with Crippen LogP contribution >= 0.6 is 11.6 Å². The van der Waals surface area contributed by atoms with Crippen molar-refractivity contribution in [3.05, 3.63) is 35.9 Å². The van der Waals surface area contributed by atoms with Crippen LogP contribution < -0.4 is 5.32 Å². The molecule has 1 unspecified atom stereocenters. The van der Waals surface area contributed by atoms with E-state index in [9.17, 15) is 4.79 Å². The van der Waals surface area contributed by atoms with Crippen LogP contribution in [-0.4, -0.2) is 17.8 Å². The van der Waals surface area contributed by atoms with Gasteiger partial charge >= 0.3 is 0 Å². The first-order chi connectivity index (χ1) is 9.19. The molecule has 0 aromatic heterocycles. The summed E-state index contributed by atoms with van der Waals surface area (Å²) in [6.07, 6.45) is 0.779. The Morgan fingerprint density at radius 1 is 1.15 bits per heavy atom. The molecule has 1 atom stereocenters. The first kappa shape index (κ1) is 17.0. The molecule has 0 heterocycles. The lowest BCUT2D eigenvalue weighted by atomic mass is 9.81. The van der Waals surface area contributed by atoms with E-state index in [2.05, 4.69) is 26.1 Å². The van der Waals surface area contributed by atoms with E-state index in [0.29, 0.717) is 5.88 Å². The van der Waals surface area contributed by atoms with Gasteiger partial charge in [-0.1, -0.05) is 51.1 Å². The zero-order chi connectivity index (χ0) is 15.4. The molecule has 1 aromatic carbocycles. The molecular formula is C17H26ClNO. The second-order valence-corrected chi connectivity index (χ2v) is 7.24. The number of benzene rings is 1. The summed E-state index contributed by atoms with van der Waals surface area (Å²) in [5.74, 6) is 0.599. The molecule has 1 rings (SSSR count). The van der Waals surface area contributed by atoms with Gasteiger partial charge in [-0.25, -0.2) is 0 Å². The minimum Gasteiger partial charge on any atom is -0.352 e. The second kappa shape index (κ2) is 6.62. The predicted molar refractivity (Wildman–Crippen MR) is 86.2 cm³/mol. The molecule has 1 N–H and O–H groups in total. The molecule has 0 aliphatic carbocycles. The summed E-state index contributed by atoms with van der Waals surface area (Å²) < 4.78 is 0. The van der Waals surface area contributed by atoms with Crippen LogP contribution in [0.3, 0.4) is 0 Å². The van der Waals surface area contributed by atoms with Crippen molar-refractivity contribution in [3.63, 3.8) is 0 Å². The summed E-state index contributed by atoms with van der Waals surface area (Å²) in [6.45, 7) is 10.3. The number of hydrogen-bond donors (Lipinski definition) is 1. The van der Waals surface area contributed by atoms with Crippen molar-refractivity contribution < 1.29 is 4.79 Å². The van der Waals surface area contributed by atoms with Gasteiger partial charge in [0.25, 0.3) is 0 Å². The number of carbonyl (C=O) groups excluding carboxylic acids is 1. The zero-order valence-corrected chi connectivity index (χ0v) is 13.9. The highest BCUT2D eigenvalue weighted by Gasteiger charge is 2.34. The molecule has 0 fully saturated rings. The molecule has 2 nitrogen and oxygen atoms in total. The lowest BCUT2D eigenvalue weighted by molar-refractivity contribution is -0.127. The van der Waals surface area contributed by atoms with Gasteiger partial charge in [0.1, 0.15) is 0 Å².